The minimum atomic E-state index is -3.05. The molecule has 4 nitrogen and oxygen atoms in total. The van der Waals surface area contributed by atoms with Gasteiger partial charge in [0.15, 0.2) is 0 Å². The van der Waals surface area contributed by atoms with E-state index in [1.807, 2.05) is 0 Å². The molecule has 0 aromatic heterocycles. The van der Waals surface area contributed by atoms with Crippen molar-refractivity contribution < 1.29 is 8.42 Å². The lowest BCUT2D eigenvalue weighted by atomic mass is 9.83. The summed E-state index contributed by atoms with van der Waals surface area (Å²) >= 11 is 0. The summed E-state index contributed by atoms with van der Waals surface area (Å²) < 4.78 is 24.5. The van der Waals surface area contributed by atoms with E-state index in [1.54, 1.807) is 14.1 Å². The zero-order valence-corrected chi connectivity index (χ0v) is 12.1. The normalized spacial score (nSPS) is 26.4. The molecular formula is C12H26N2O2S. The summed E-state index contributed by atoms with van der Waals surface area (Å²) in [6, 6.07) is 0.520. The molecule has 1 fully saturated rings. The third-order valence-corrected chi connectivity index (χ3v) is 5.59. The Hall–Kier alpha value is -0.130. The lowest BCUT2D eigenvalue weighted by Crippen LogP contribution is -2.41. The summed E-state index contributed by atoms with van der Waals surface area (Å²) in [6.45, 7) is 2.79. The fourth-order valence-electron chi connectivity index (χ4n) is 2.52. The van der Waals surface area contributed by atoms with Gasteiger partial charge in [0, 0.05) is 26.7 Å². The molecule has 2 atom stereocenters. The Bertz CT molecular complexity index is 314. The van der Waals surface area contributed by atoms with Gasteiger partial charge in [0.05, 0.1) is 5.75 Å². The van der Waals surface area contributed by atoms with Gasteiger partial charge in [0.25, 0.3) is 0 Å². The Balaban J connectivity index is 2.35. The Labute approximate surface area is 106 Å². The molecule has 1 aliphatic rings. The van der Waals surface area contributed by atoms with Crippen molar-refractivity contribution in [3.8, 4) is 0 Å². The van der Waals surface area contributed by atoms with E-state index >= 15 is 0 Å². The van der Waals surface area contributed by atoms with Crippen LogP contribution in [-0.2, 0) is 10.0 Å². The van der Waals surface area contributed by atoms with Gasteiger partial charge in [0.1, 0.15) is 0 Å². The molecule has 1 aliphatic carbocycles. The summed E-state index contributed by atoms with van der Waals surface area (Å²) in [4.78, 5) is 0. The second-order valence-electron chi connectivity index (χ2n) is 5.11. The number of nitrogens with zero attached hydrogens (tertiary/aromatic N) is 1. The van der Waals surface area contributed by atoms with Crippen LogP contribution in [0.2, 0.25) is 0 Å². The molecule has 0 amide bonds. The van der Waals surface area contributed by atoms with Crippen LogP contribution < -0.4 is 5.32 Å². The van der Waals surface area contributed by atoms with Crippen molar-refractivity contribution in [3.63, 3.8) is 0 Å². The molecule has 102 valence electrons. The molecule has 2 unspecified atom stereocenters. The second-order valence-corrected chi connectivity index (χ2v) is 7.41. The van der Waals surface area contributed by atoms with Crippen LogP contribution in [0.1, 0.15) is 39.0 Å². The first-order valence-electron chi connectivity index (χ1n) is 6.61. The van der Waals surface area contributed by atoms with Crippen LogP contribution in [0, 0.1) is 5.92 Å². The number of nitrogens with one attached hydrogen (secondary N) is 1. The van der Waals surface area contributed by atoms with E-state index in [1.165, 1.54) is 36.4 Å². The van der Waals surface area contributed by atoms with E-state index in [4.69, 9.17) is 0 Å². The highest BCUT2D eigenvalue weighted by atomic mass is 32.2. The molecule has 17 heavy (non-hydrogen) atoms. The molecule has 0 aromatic carbocycles. The average Bonchev–Trinajstić information content (AvgIpc) is 2.29. The van der Waals surface area contributed by atoms with E-state index in [0.29, 0.717) is 12.6 Å². The first-order chi connectivity index (χ1) is 7.97. The summed E-state index contributed by atoms with van der Waals surface area (Å²) in [6.07, 6.45) is 6.27. The standard InChI is InChI=1S/C12H26N2O2S/c1-4-11-7-5-6-8-12(11)13-9-10-17(15,16)14(2)3/h11-13H,4-10H2,1-3H3. The van der Waals surface area contributed by atoms with Crippen molar-refractivity contribution in [2.24, 2.45) is 5.92 Å². The Morgan fingerprint density at radius 3 is 2.47 bits per heavy atom. The Morgan fingerprint density at radius 2 is 1.88 bits per heavy atom. The third-order valence-electron chi connectivity index (χ3n) is 3.76. The lowest BCUT2D eigenvalue weighted by molar-refractivity contribution is 0.259. The molecule has 5 heteroatoms. The highest BCUT2D eigenvalue weighted by Crippen LogP contribution is 2.26. The largest absolute Gasteiger partial charge is 0.313 e. The molecule has 1 N–H and O–H groups in total. The van der Waals surface area contributed by atoms with Gasteiger partial charge in [0.2, 0.25) is 10.0 Å². The third kappa shape index (κ3) is 4.56. The van der Waals surface area contributed by atoms with Crippen molar-refractivity contribution in [2.75, 3.05) is 26.4 Å². The fourth-order valence-corrected chi connectivity index (χ4v) is 3.26. The minimum Gasteiger partial charge on any atom is -0.313 e. The van der Waals surface area contributed by atoms with E-state index in [9.17, 15) is 8.42 Å². The molecule has 1 saturated carbocycles. The average molecular weight is 262 g/mol. The lowest BCUT2D eigenvalue weighted by Gasteiger charge is -2.31. The molecule has 0 aliphatic heterocycles. The maximum atomic E-state index is 11.6. The first-order valence-corrected chi connectivity index (χ1v) is 8.22. The van der Waals surface area contributed by atoms with Crippen molar-refractivity contribution >= 4 is 10.0 Å². The van der Waals surface area contributed by atoms with Gasteiger partial charge in [-0.25, -0.2) is 12.7 Å². The smallest absolute Gasteiger partial charge is 0.214 e. The molecule has 0 aromatic rings. The molecule has 0 spiro atoms. The molecule has 0 bridgehead atoms. The van der Waals surface area contributed by atoms with Crippen LogP contribution >= 0.6 is 0 Å². The minimum absolute atomic E-state index is 0.201. The van der Waals surface area contributed by atoms with Gasteiger partial charge in [-0.1, -0.05) is 26.2 Å². The number of sulfonamides is 1. The van der Waals surface area contributed by atoms with E-state index in [2.05, 4.69) is 12.2 Å². The van der Waals surface area contributed by atoms with Gasteiger partial charge in [-0.3, -0.25) is 0 Å². The van der Waals surface area contributed by atoms with Crippen LogP contribution in [0.15, 0.2) is 0 Å². The van der Waals surface area contributed by atoms with Crippen LogP contribution in [0.5, 0.6) is 0 Å². The maximum Gasteiger partial charge on any atom is 0.214 e. The zero-order valence-electron chi connectivity index (χ0n) is 11.3. The summed E-state index contributed by atoms with van der Waals surface area (Å²) in [5.74, 6) is 0.929. The predicted octanol–water partition coefficient (Wildman–Crippen LogP) is 1.44. The zero-order chi connectivity index (χ0) is 12.9. The van der Waals surface area contributed by atoms with Crippen molar-refractivity contribution in [1.29, 1.82) is 0 Å². The topological polar surface area (TPSA) is 49.4 Å². The first kappa shape index (κ1) is 14.9. The van der Waals surface area contributed by atoms with Gasteiger partial charge >= 0.3 is 0 Å². The number of hydrogen-bond donors (Lipinski definition) is 1. The summed E-state index contributed by atoms with van der Waals surface area (Å²) in [5.41, 5.74) is 0. The number of rotatable bonds is 6. The maximum absolute atomic E-state index is 11.6. The van der Waals surface area contributed by atoms with Crippen molar-refractivity contribution in [1.82, 2.24) is 9.62 Å². The monoisotopic (exact) mass is 262 g/mol. The van der Waals surface area contributed by atoms with E-state index < -0.39 is 10.0 Å². The van der Waals surface area contributed by atoms with Gasteiger partial charge in [-0.15, -0.1) is 0 Å². The van der Waals surface area contributed by atoms with Crippen LogP contribution in [0.25, 0.3) is 0 Å². The highest BCUT2D eigenvalue weighted by molar-refractivity contribution is 7.89. The van der Waals surface area contributed by atoms with Crippen molar-refractivity contribution in [2.45, 2.75) is 45.1 Å². The molecular weight excluding hydrogens is 236 g/mol. The van der Waals surface area contributed by atoms with E-state index in [0.717, 1.165) is 5.92 Å². The SMILES string of the molecule is CCC1CCCCC1NCCS(=O)(=O)N(C)C. The Kier molecular flexibility index (Phi) is 5.89. The highest BCUT2D eigenvalue weighted by Gasteiger charge is 2.23. The molecule has 0 radical (unpaired) electrons. The molecule has 0 saturated heterocycles. The van der Waals surface area contributed by atoms with Gasteiger partial charge < -0.3 is 5.32 Å². The fraction of sp³-hybridized carbons (Fsp3) is 1.00. The van der Waals surface area contributed by atoms with Crippen LogP contribution in [-0.4, -0.2) is 45.2 Å². The summed E-state index contributed by atoms with van der Waals surface area (Å²) in [7, 11) is 0.124. The van der Waals surface area contributed by atoms with Gasteiger partial charge in [-0.05, 0) is 18.8 Å². The van der Waals surface area contributed by atoms with Crippen LogP contribution in [0.4, 0.5) is 0 Å². The Morgan fingerprint density at radius 1 is 1.24 bits per heavy atom. The quantitative estimate of drug-likeness (QED) is 0.788. The molecule has 0 heterocycles. The van der Waals surface area contributed by atoms with Crippen LogP contribution in [0.3, 0.4) is 0 Å². The van der Waals surface area contributed by atoms with E-state index in [-0.39, 0.29) is 5.75 Å². The molecule has 1 rings (SSSR count). The summed E-state index contributed by atoms with van der Waals surface area (Å²) in [5, 5.41) is 3.43. The van der Waals surface area contributed by atoms with Crippen molar-refractivity contribution in [3.05, 3.63) is 0 Å². The van der Waals surface area contributed by atoms with Gasteiger partial charge in [-0.2, -0.15) is 0 Å². The second kappa shape index (κ2) is 6.71. The number of hydrogen-bond acceptors (Lipinski definition) is 3. The predicted molar refractivity (Wildman–Crippen MR) is 71.5 cm³/mol.